The zero-order valence-electron chi connectivity index (χ0n) is 8.44. The van der Waals surface area contributed by atoms with E-state index in [1.54, 1.807) is 0 Å². The normalized spacial score (nSPS) is 10.1. The number of amides is 1. The molecule has 0 aliphatic heterocycles. The molecule has 8 heteroatoms. The van der Waals surface area contributed by atoms with E-state index in [1.165, 1.54) is 7.05 Å². The van der Waals surface area contributed by atoms with Crippen molar-refractivity contribution in [1.82, 2.24) is 9.55 Å². The molecular weight excluding hydrogens is 216 g/mol. The van der Waals surface area contributed by atoms with Crippen LogP contribution in [-0.4, -0.2) is 21.2 Å². The quantitative estimate of drug-likeness (QED) is 0.393. The molecule has 0 unspecified atom stereocenters. The van der Waals surface area contributed by atoms with Gasteiger partial charge in [0.05, 0.1) is 6.42 Å². The van der Waals surface area contributed by atoms with E-state index in [-0.39, 0.29) is 5.82 Å². The van der Waals surface area contributed by atoms with Crippen LogP contribution in [0.1, 0.15) is 16.8 Å². The molecule has 1 aromatic rings. The first kappa shape index (κ1) is 11.7. The van der Waals surface area contributed by atoms with Crippen molar-refractivity contribution in [1.29, 1.82) is 0 Å². The zero-order chi connectivity index (χ0) is 12.5. The summed E-state index contributed by atoms with van der Waals surface area (Å²) in [5, 5.41) is 0. The second-order valence-electron chi connectivity index (χ2n) is 3.14. The molecule has 0 fully saturated rings. The fourth-order valence-corrected chi connectivity index (χ4v) is 1.15. The minimum absolute atomic E-state index is 0.292. The standard InChI is InChI=1S/C8H10N4O4/c1-12-6(10)5(3(13)2-4(9)14)7(15)11-8(12)16/h2,10H2,1H3,(H2,9,14)(H,11,15,16). The third-order valence-electron chi connectivity index (χ3n) is 1.98. The van der Waals surface area contributed by atoms with Gasteiger partial charge in [0.25, 0.3) is 5.56 Å². The Morgan fingerprint density at radius 3 is 2.44 bits per heavy atom. The van der Waals surface area contributed by atoms with Crippen LogP contribution >= 0.6 is 0 Å². The van der Waals surface area contributed by atoms with Crippen molar-refractivity contribution < 1.29 is 9.59 Å². The number of nitrogens with two attached hydrogens (primary N) is 2. The number of hydrogen-bond acceptors (Lipinski definition) is 5. The van der Waals surface area contributed by atoms with Crippen molar-refractivity contribution in [3.05, 3.63) is 26.4 Å². The van der Waals surface area contributed by atoms with E-state index in [2.05, 4.69) is 0 Å². The molecule has 1 aromatic heterocycles. The highest BCUT2D eigenvalue weighted by atomic mass is 16.2. The number of rotatable bonds is 3. The first-order chi connectivity index (χ1) is 7.34. The molecule has 1 heterocycles. The van der Waals surface area contributed by atoms with E-state index >= 15 is 0 Å². The third-order valence-corrected chi connectivity index (χ3v) is 1.98. The molecule has 8 nitrogen and oxygen atoms in total. The smallest absolute Gasteiger partial charge is 0.329 e. The van der Waals surface area contributed by atoms with Gasteiger partial charge in [0.15, 0.2) is 5.78 Å². The highest BCUT2D eigenvalue weighted by Crippen LogP contribution is 2.04. The van der Waals surface area contributed by atoms with Crippen LogP contribution in [0.25, 0.3) is 0 Å². The van der Waals surface area contributed by atoms with Crippen LogP contribution in [0.5, 0.6) is 0 Å². The van der Waals surface area contributed by atoms with Crippen LogP contribution in [0.15, 0.2) is 9.59 Å². The summed E-state index contributed by atoms with van der Waals surface area (Å²) in [7, 11) is 1.29. The number of aromatic amines is 1. The van der Waals surface area contributed by atoms with Gasteiger partial charge in [-0.1, -0.05) is 0 Å². The summed E-state index contributed by atoms with van der Waals surface area (Å²) in [5.41, 5.74) is 8.16. The van der Waals surface area contributed by atoms with Crippen molar-refractivity contribution in [3.63, 3.8) is 0 Å². The largest absolute Gasteiger partial charge is 0.384 e. The van der Waals surface area contributed by atoms with E-state index in [0.717, 1.165) is 4.57 Å². The number of Topliss-reactive ketones (excluding diaryl/α,β-unsaturated/α-hetero) is 1. The maximum Gasteiger partial charge on any atom is 0.329 e. The SMILES string of the molecule is Cn1c(N)c(C(=O)CC(N)=O)c(=O)[nH]c1=O. The van der Waals surface area contributed by atoms with Gasteiger partial charge < -0.3 is 11.5 Å². The van der Waals surface area contributed by atoms with Gasteiger partial charge in [0.1, 0.15) is 11.4 Å². The minimum atomic E-state index is -0.924. The Morgan fingerprint density at radius 1 is 1.38 bits per heavy atom. The van der Waals surface area contributed by atoms with Crippen molar-refractivity contribution in [2.45, 2.75) is 6.42 Å². The Morgan fingerprint density at radius 2 is 1.94 bits per heavy atom. The topological polar surface area (TPSA) is 141 Å². The second kappa shape index (κ2) is 4.01. The van der Waals surface area contributed by atoms with Crippen LogP contribution in [-0.2, 0) is 11.8 Å². The van der Waals surface area contributed by atoms with E-state index < -0.39 is 34.9 Å². The van der Waals surface area contributed by atoms with Gasteiger partial charge in [0.2, 0.25) is 5.91 Å². The van der Waals surface area contributed by atoms with Crippen LogP contribution < -0.4 is 22.7 Å². The van der Waals surface area contributed by atoms with Gasteiger partial charge >= 0.3 is 5.69 Å². The molecule has 0 spiro atoms. The van der Waals surface area contributed by atoms with E-state index in [9.17, 15) is 19.2 Å². The lowest BCUT2D eigenvalue weighted by atomic mass is 10.1. The number of ketones is 1. The Kier molecular flexibility index (Phi) is 2.93. The predicted molar refractivity (Wildman–Crippen MR) is 54.9 cm³/mol. The summed E-state index contributed by atoms with van der Waals surface area (Å²) < 4.78 is 0.898. The molecule has 1 amide bonds. The summed E-state index contributed by atoms with van der Waals surface area (Å²) in [5.74, 6) is -1.99. The Balaban J connectivity index is 3.41. The summed E-state index contributed by atoms with van der Waals surface area (Å²) in [6, 6.07) is 0. The molecule has 0 saturated carbocycles. The summed E-state index contributed by atoms with van der Waals surface area (Å²) >= 11 is 0. The highest BCUT2D eigenvalue weighted by Gasteiger charge is 2.19. The van der Waals surface area contributed by atoms with Gasteiger partial charge in [-0.3, -0.25) is 23.9 Å². The Labute approximate surface area is 88.9 Å². The number of aromatic nitrogens is 2. The fourth-order valence-electron chi connectivity index (χ4n) is 1.15. The molecule has 0 saturated heterocycles. The molecule has 16 heavy (non-hydrogen) atoms. The molecule has 0 bridgehead atoms. The maximum absolute atomic E-state index is 11.4. The van der Waals surface area contributed by atoms with E-state index in [1.807, 2.05) is 4.98 Å². The van der Waals surface area contributed by atoms with Crippen molar-refractivity contribution in [3.8, 4) is 0 Å². The zero-order valence-corrected chi connectivity index (χ0v) is 8.44. The highest BCUT2D eigenvalue weighted by molar-refractivity contribution is 6.08. The maximum atomic E-state index is 11.4. The van der Waals surface area contributed by atoms with E-state index in [4.69, 9.17) is 11.5 Å². The molecule has 0 aliphatic carbocycles. The first-order valence-corrected chi connectivity index (χ1v) is 4.25. The molecule has 0 aromatic carbocycles. The Hall–Kier alpha value is -2.38. The molecule has 0 aliphatic rings. The number of nitrogens with zero attached hydrogens (tertiary/aromatic N) is 1. The minimum Gasteiger partial charge on any atom is -0.384 e. The summed E-state index contributed by atoms with van der Waals surface area (Å²) in [6.07, 6.45) is -0.633. The molecule has 0 radical (unpaired) electrons. The average Bonchev–Trinajstić information content (AvgIpc) is 2.13. The Bertz CT molecular complexity index is 568. The van der Waals surface area contributed by atoms with Crippen LogP contribution in [0.4, 0.5) is 5.82 Å². The number of carbonyl (C=O) groups excluding carboxylic acids is 2. The summed E-state index contributed by atoms with van der Waals surface area (Å²) in [4.78, 5) is 46.3. The van der Waals surface area contributed by atoms with Gasteiger partial charge in [-0.2, -0.15) is 0 Å². The number of nitrogens with one attached hydrogen (secondary N) is 1. The molecular formula is C8H10N4O4. The monoisotopic (exact) mass is 226 g/mol. The van der Waals surface area contributed by atoms with E-state index in [0.29, 0.717) is 0 Å². The molecule has 86 valence electrons. The lowest BCUT2D eigenvalue weighted by Gasteiger charge is -2.06. The van der Waals surface area contributed by atoms with Crippen molar-refractivity contribution in [2.75, 3.05) is 5.73 Å². The number of carbonyl (C=O) groups is 2. The lowest BCUT2D eigenvalue weighted by Crippen LogP contribution is -2.35. The molecule has 1 rings (SSSR count). The average molecular weight is 226 g/mol. The second-order valence-corrected chi connectivity index (χ2v) is 3.14. The number of hydrogen-bond donors (Lipinski definition) is 3. The van der Waals surface area contributed by atoms with Gasteiger partial charge in [0, 0.05) is 7.05 Å². The third kappa shape index (κ3) is 2.00. The van der Waals surface area contributed by atoms with Crippen LogP contribution in [0.2, 0.25) is 0 Å². The lowest BCUT2D eigenvalue weighted by molar-refractivity contribution is -0.117. The fraction of sp³-hybridized carbons (Fsp3) is 0.250. The van der Waals surface area contributed by atoms with Gasteiger partial charge in [-0.05, 0) is 0 Å². The van der Waals surface area contributed by atoms with Gasteiger partial charge in [-0.15, -0.1) is 0 Å². The van der Waals surface area contributed by atoms with Gasteiger partial charge in [-0.25, -0.2) is 4.79 Å². The van der Waals surface area contributed by atoms with Crippen molar-refractivity contribution in [2.24, 2.45) is 12.8 Å². The number of anilines is 1. The molecule has 5 N–H and O–H groups in total. The summed E-state index contributed by atoms with van der Waals surface area (Å²) in [6.45, 7) is 0. The van der Waals surface area contributed by atoms with Crippen molar-refractivity contribution >= 4 is 17.5 Å². The molecule has 0 atom stereocenters. The number of H-pyrrole nitrogens is 1. The predicted octanol–water partition coefficient (Wildman–Crippen LogP) is -2.29. The first-order valence-electron chi connectivity index (χ1n) is 4.25. The van der Waals surface area contributed by atoms with Crippen LogP contribution in [0.3, 0.4) is 0 Å². The number of nitrogen functional groups attached to an aromatic ring is 1. The number of primary amides is 1. The van der Waals surface area contributed by atoms with Crippen LogP contribution in [0, 0.1) is 0 Å².